The molecule has 0 amide bonds. The van der Waals surface area contributed by atoms with Crippen molar-refractivity contribution in [1.82, 2.24) is 0 Å². The quantitative estimate of drug-likeness (QED) is 0.255. The highest BCUT2D eigenvalue weighted by molar-refractivity contribution is 6.06. The van der Waals surface area contributed by atoms with E-state index in [1.54, 1.807) is 24.3 Å². The van der Waals surface area contributed by atoms with E-state index in [-0.39, 0.29) is 5.78 Å². The van der Waals surface area contributed by atoms with Crippen LogP contribution in [0.25, 0.3) is 6.08 Å². The monoisotopic (exact) mass is 394 g/mol. The van der Waals surface area contributed by atoms with Gasteiger partial charge in [0.25, 0.3) is 0 Å². The van der Waals surface area contributed by atoms with E-state index in [2.05, 4.69) is 13.5 Å². The lowest BCUT2D eigenvalue weighted by molar-refractivity contribution is 0.104. The molecule has 29 heavy (non-hydrogen) atoms. The maximum atomic E-state index is 12.5. The Bertz CT molecular complexity index is 835. The van der Waals surface area contributed by atoms with E-state index in [4.69, 9.17) is 14.2 Å². The van der Waals surface area contributed by atoms with Gasteiger partial charge in [0.15, 0.2) is 17.3 Å². The van der Waals surface area contributed by atoms with Gasteiger partial charge in [0.2, 0.25) is 0 Å². The molecule has 0 fully saturated rings. The summed E-state index contributed by atoms with van der Waals surface area (Å²) in [7, 11) is 0. The molecule has 4 heteroatoms. The van der Waals surface area contributed by atoms with Gasteiger partial charge in [0, 0.05) is 11.1 Å². The van der Waals surface area contributed by atoms with Crippen LogP contribution in [0.1, 0.15) is 48.7 Å². The second kappa shape index (κ2) is 11.7. The number of ether oxygens (including phenoxy) is 3. The molecule has 0 aromatic heterocycles. The number of hydrogen-bond donors (Lipinski definition) is 0. The van der Waals surface area contributed by atoms with Crippen molar-refractivity contribution >= 4 is 11.9 Å². The van der Waals surface area contributed by atoms with Crippen molar-refractivity contribution < 1.29 is 19.0 Å². The van der Waals surface area contributed by atoms with Crippen molar-refractivity contribution in [2.45, 2.75) is 33.6 Å². The zero-order valence-electron chi connectivity index (χ0n) is 17.6. The first-order valence-electron chi connectivity index (χ1n) is 10.1. The molecular weight excluding hydrogens is 364 g/mol. The summed E-state index contributed by atoms with van der Waals surface area (Å²) in [5, 5.41) is 0. The Hall–Kier alpha value is -3.01. The molecule has 0 atom stereocenters. The summed E-state index contributed by atoms with van der Waals surface area (Å²) >= 11 is 0. The third-order valence-corrected chi connectivity index (χ3v) is 4.15. The Morgan fingerprint density at radius 3 is 2.34 bits per heavy atom. The molecule has 0 spiro atoms. The topological polar surface area (TPSA) is 44.8 Å². The highest BCUT2D eigenvalue weighted by atomic mass is 16.5. The van der Waals surface area contributed by atoms with Crippen LogP contribution >= 0.6 is 0 Å². The number of allylic oxidation sites excluding steroid dienone is 2. The highest BCUT2D eigenvalue weighted by Gasteiger charge is 2.12. The predicted molar refractivity (Wildman–Crippen MR) is 118 cm³/mol. The molecule has 2 rings (SSSR count). The Labute approximate surface area is 173 Å². The van der Waals surface area contributed by atoms with Gasteiger partial charge in [-0.1, -0.05) is 19.1 Å². The van der Waals surface area contributed by atoms with Crippen molar-refractivity contribution in [2.75, 3.05) is 19.8 Å². The Balaban J connectivity index is 2.23. The van der Waals surface area contributed by atoms with E-state index in [0.717, 1.165) is 29.0 Å². The molecule has 0 radical (unpaired) electrons. The average Bonchev–Trinajstić information content (AvgIpc) is 2.73. The van der Waals surface area contributed by atoms with Crippen LogP contribution in [0.3, 0.4) is 0 Å². The zero-order valence-corrected chi connectivity index (χ0v) is 17.6. The molecule has 0 heterocycles. The third-order valence-electron chi connectivity index (χ3n) is 4.15. The first-order valence-corrected chi connectivity index (χ1v) is 10.1. The average molecular weight is 395 g/mol. The lowest BCUT2D eigenvalue weighted by Gasteiger charge is -2.15. The number of ketones is 1. The Morgan fingerprint density at radius 2 is 1.72 bits per heavy atom. The smallest absolute Gasteiger partial charge is 0.185 e. The second-order valence-electron chi connectivity index (χ2n) is 6.44. The minimum Gasteiger partial charge on any atom is -0.494 e. The molecule has 0 aliphatic rings. The summed E-state index contributed by atoms with van der Waals surface area (Å²) in [6, 6.07) is 11.1. The molecule has 0 unspecified atom stereocenters. The number of rotatable bonds is 12. The van der Waals surface area contributed by atoms with Gasteiger partial charge in [0.1, 0.15) is 5.75 Å². The number of carbonyl (C=O) groups is 1. The SMILES string of the molecule is C=CCc1cc(/C=C/C(=O)c2ccc(OCCC)cc2)cc(OCC)c1OCC. The van der Waals surface area contributed by atoms with Crippen LogP contribution in [0, 0.1) is 0 Å². The molecule has 2 aromatic rings. The van der Waals surface area contributed by atoms with Gasteiger partial charge < -0.3 is 14.2 Å². The van der Waals surface area contributed by atoms with Crippen LogP contribution in [-0.4, -0.2) is 25.6 Å². The van der Waals surface area contributed by atoms with E-state index in [0.29, 0.717) is 37.6 Å². The lowest BCUT2D eigenvalue weighted by Crippen LogP contribution is -2.02. The van der Waals surface area contributed by atoms with Crippen molar-refractivity contribution in [3.05, 3.63) is 71.8 Å². The van der Waals surface area contributed by atoms with Gasteiger partial charge in [-0.05, 0) is 74.7 Å². The normalized spacial score (nSPS) is 10.7. The van der Waals surface area contributed by atoms with Crippen molar-refractivity contribution in [1.29, 1.82) is 0 Å². The minimum absolute atomic E-state index is 0.0656. The fourth-order valence-electron chi connectivity index (χ4n) is 2.86. The van der Waals surface area contributed by atoms with Crippen LogP contribution in [0.5, 0.6) is 17.2 Å². The predicted octanol–water partition coefficient (Wildman–Crippen LogP) is 5.90. The van der Waals surface area contributed by atoms with Crippen LogP contribution in [0.4, 0.5) is 0 Å². The highest BCUT2D eigenvalue weighted by Crippen LogP contribution is 2.34. The maximum Gasteiger partial charge on any atom is 0.185 e. The number of carbonyl (C=O) groups excluding carboxylic acids is 1. The van der Waals surface area contributed by atoms with Crippen molar-refractivity contribution in [3.63, 3.8) is 0 Å². The standard InChI is InChI=1S/C25H30O4/c1-5-9-21-17-19(18-24(27-7-3)25(21)28-8-4)10-15-23(26)20-11-13-22(14-12-20)29-16-6-2/h5,10-15,17-18H,1,6-9,16H2,2-4H3/b15-10+. The van der Waals surface area contributed by atoms with Crippen LogP contribution < -0.4 is 14.2 Å². The summed E-state index contributed by atoms with van der Waals surface area (Å²) in [5.41, 5.74) is 2.48. The van der Waals surface area contributed by atoms with Crippen molar-refractivity contribution in [3.8, 4) is 17.2 Å². The fourth-order valence-corrected chi connectivity index (χ4v) is 2.86. The largest absolute Gasteiger partial charge is 0.494 e. The van der Waals surface area contributed by atoms with Gasteiger partial charge in [0.05, 0.1) is 19.8 Å². The van der Waals surface area contributed by atoms with E-state index < -0.39 is 0 Å². The Kier molecular flexibility index (Phi) is 9.03. The van der Waals surface area contributed by atoms with Crippen LogP contribution in [0.15, 0.2) is 55.1 Å². The van der Waals surface area contributed by atoms with Crippen molar-refractivity contribution in [2.24, 2.45) is 0 Å². The summed E-state index contributed by atoms with van der Waals surface area (Å²) in [6.45, 7) is 11.5. The first-order chi connectivity index (χ1) is 14.1. The summed E-state index contributed by atoms with van der Waals surface area (Å²) in [6.07, 6.45) is 6.81. The molecule has 154 valence electrons. The first kappa shape index (κ1) is 22.3. The van der Waals surface area contributed by atoms with Crippen LogP contribution in [0.2, 0.25) is 0 Å². The molecule has 0 bridgehead atoms. The van der Waals surface area contributed by atoms with E-state index >= 15 is 0 Å². The number of benzene rings is 2. The van der Waals surface area contributed by atoms with E-state index in [9.17, 15) is 4.79 Å². The summed E-state index contributed by atoms with van der Waals surface area (Å²) in [4.78, 5) is 12.5. The molecule has 0 aliphatic heterocycles. The van der Waals surface area contributed by atoms with E-state index in [1.807, 2.05) is 44.2 Å². The van der Waals surface area contributed by atoms with Gasteiger partial charge >= 0.3 is 0 Å². The van der Waals surface area contributed by atoms with E-state index in [1.165, 1.54) is 0 Å². The molecule has 4 nitrogen and oxygen atoms in total. The Morgan fingerprint density at radius 1 is 1.00 bits per heavy atom. The van der Waals surface area contributed by atoms with Gasteiger partial charge in [-0.3, -0.25) is 4.79 Å². The minimum atomic E-state index is -0.0656. The molecule has 2 aromatic carbocycles. The number of hydrogen-bond acceptors (Lipinski definition) is 4. The summed E-state index contributed by atoms with van der Waals surface area (Å²) in [5.74, 6) is 2.12. The molecule has 0 saturated carbocycles. The second-order valence-corrected chi connectivity index (χ2v) is 6.44. The lowest BCUT2D eigenvalue weighted by atomic mass is 10.0. The maximum absolute atomic E-state index is 12.5. The molecular formula is C25H30O4. The molecule has 0 aliphatic carbocycles. The van der Waals surface area contributed by atoms with Gasteiger partial charge in [-0.2, -0.15) is 0 Å². The molecule has 0 N–H and O–H groups in total. The third kappa shape index (κ3) is 6.53. The zero-order chi connectivity index (χ0) is 21.1. The fraction of sp³-hybridized carbons (Fsp3) is 0.320. The van der Waals surface area contributed by atoms with Crippen LogP contribution in [-0.2, 0) is 6.42 Å². The van der Waals surface area contributed by atoms with Gasteiger partial charge in [-0.15, -0.1) is 6.58 Å². The summed E-state index contributed by atoms with van der Waals surface area (Å²) < 4.78 is 17.1. The molecule has 0 saturated heterocycles. The van der Waals surface area contributed by atoms with Gasteiger partial charge in [-0.25, -0.2) is 0 Å².